The molecule has 27 heavy (non-hydrogen) atoms. The maximum atomic E-state index is 12.2. The summed E-state index contributed by atoms with van der Waals surface area (Å²) in [5.74, 6) is 1.95. The van der Waals surface area contributed by atoms with Gasteiger partial charge in [0.2, 0.25) is 11.1 Å². The first-order valence-electron chi connectivity index (χ1n) is 8.70. The molecule has 3 aromatic rings. The molecule has 3 rings (SSSR count). The molecule has 140 valence electrons. The van der Waals surface area contributed by atoms with Gasteiger partial charge in [-0.15, -0.1) is 16.9 Å². The van der Waals surface area contributed by atoms with Crippen LogP contribution in [0.2, 0.25) is 0 Å². The molecule has 0 aliphatic rings. The van der Waals surface area contributed by atoms with Crippen molar-refractivity contribution in [1.29, 1.82) is 0 Å². The molecular formula is C20H22N4OS2. The molecule has 0 saturated heterocycles. The Morgan fingerprint density at radius 2 is 1.78 bits per heavy atom. The standard InChI is InChI=1S/C20H22N4OS2/c1-4-26-17-7-5-15(6-8-17)19-22-20(24-23-19)27-12-18(25)21-16-10-13(2)9-14(3)11-16/h5-11H,4,12H2,1-3H3,(H,21,25)(H,22,23,24). The van der Waals surface area contributed by atoms with E-state index >= 15 is 0 Å². The summed E-state index contributed by atoms with van der Waals surface area (Å²) in [4.78, 5) is 17.9. The minimum atomic E-state index is -0.0720. The van der Waals surface area contributed by atoms with Crippen molar-refractivity contribution >= 4 is 35.1 Å². The zero-order chi connectivity index (χ0) is 19.2. The first kappa shape index (κ1) is 19.5. The molecule has 2 aromatic carbocycles. The number of nitrogens with zero attached hydrogens (tertiary/aromatic N) is 2. The number of rotatable bonds is 7. The van der Waals surface area contributed by atoms with Gasteiger partial charge in [-0.25, -0.2) is 4.98 Å². The van der Waals surface area contributed by atoms with Gasteiger partial charge in [-0.05, 0) is 55.0 Å². The van der Waals surface area contributed by atoms with Crippen molar-refractivity contribution in [2.75, 3.05) is 16.8 Å². The third kappa shape index (κ3) is 5.61. The van der Waals surface area contributed by atoms with Crippen LogP contribution in [0.1, 0.15) is 18.1 Å². The van der Waals surface area contributed by atoms with Gasteiger partial charge in [0.15, 0.2) is 5.82 Å². The zero-order valence-corrected chi connectivity index (χ0v) is 17.2. The Labute approximate surface area is 167 Å². The molecule has 0 spiro atoms. The van der Waals surface area contributed by atoms with Crippen LogP contribution in [0.5, 0.6) is 0 Å². The molecule has 0 aliphatic carbocycles. The van der Waals surface area contributed by atoms with Crippen LogP contribution in [0.4, 0.5) is 5.69 Å². The van der Waals surface area contributed by atoms with Crippen molar-refractivity contribution in [3.05, 3.63) is 53.6 Å². The van der Waals surface area contributed by atoms with E-state index in [1.165, 1.54) is 16.7 Å². The van der Waals surface area contributed by atoms with E-state index in [4.69, 9.17) is 0 Å². The summed E-state index contributed by atoms with van der Waals surface area (Å²) in [7, 11) is 0. The number of hydrogen-bond acceptors (Lipinski definition) is 5. The van der Waals surface area contributed by atoms with E-state index in [2.05, 4.69) is 45.6 Å². The van der Waals surface area contributed by atoms with E-state index in [1.54, 1.807) is 11.8 Å². The fraction of sp³-hybridized carbons (Fsp3) is 0.250. The molecule has 5 nitrogen and oxygen atoms in total. The van der Waals surface area contributed by atoms with Gasteiger partial charge in [-0.3, -0.25) is 9.89 Å². The number of thioether (sulfide) groups is 2. The molecule has 7 heteroatoms. The van der Waals surface area contributed by atoms with Crippen LogP contribution in [-0.4, -0.2) is 32.6 Å². The zero-order valence-electron chi connectivity index (χ0n) is 15.6. The maximum absolute atomic E-state index is 12.2. The van der Waals surface area contributed by atoms with E-state index in [0.717, 1.165) is 28.1 Å². The predicted octanol–water partition coefficient (Wildman–Crippen LogP) is 4.93. The van der Waals surface area contributed by atoms with Gasteiger partial charge in [0.05, 0.1) is 5.75 Å². The molecule has 0 saturated carbocycles. The van der Waals surface area contributed by atoms with Gasteiger partial charge >= 0.3 is 0 Å². The highest BCUT2D eigenvalue weighted by atomic mass is 32.2. The summed E-state index contributed by atoms with van der Waals surface area (Å²) in [6.07, 6.45) is 0. The number of H-pyrrole nitrogens is 1. The van der Waals surface area contributed by atoms with Gasteiger partial charge in [-0.1, -0.05) is 36.9 Å². The van der Waals surface area contributed by atoms with Crippen LogP contribution < -0.4 is 5.32 Å². The number of amides is 1. The fourth-order valence-corrected chi connectivity index (χ4v) is 3.95. The van der Waals surface area contributed by atoms with Crippen molar-refractivity contribution in [3.63, 3.8) is 0 Å². The fourth-order valence-electron chi connectivity index (χ4n) is 2.69. The van der Waals surface area contributed by atoms with E-state index in [1.807, 2.05) is 38.1 Å². The van der Waals surface area contributed by atoms with Gasteiger partial charge in [0.1, 0.15) is 0 Å². The van der Waals surface area contributed by atoms with E-state index in [0.29, 0.717) is 11.0 Å². The van der Waals surface area contributed by atoms with Crippen molar-refractivity contribution in [3.8, 4) is 11.4 Å². The molecule has 2 N–H and O–H groups in total. The van der Waals surface area contributed by atoms with Crippen molar-refractivity contribution in [1.82, 2.24) is 15.2 Å². The quantitative estimate of drug-likeness (QED) is 0.552. The molecular weight excluding hydrogens is 376 g/mol. The van der Waals surface area contributed by atoms with Crippen LogP contribution in [0.25, 0.3) is 11.4 Å². The summed E-state index contributed by atoms with van der Waals surface area (Å²) in [5.41, 5.74) is 4.05. The van der Waals surface area contributed by atoms with Crippen LogP contribution in [0, 0.1) is 13.8 Å². The van der Waals surface area contributed by atoms with Crippen molar-refractivity contribution < 1.29 is 4.79 Å². The molecule has 0 atom stereocenters. The van der Waals surface area contributed by atoms with Crippen molar-refractivity contribution in [2.45, 2.75) is 30.8 Å². The Bertz CT molecular complexity index is 902. The number of aryl methyl sites for hydroxylation is 2. The Balaban J connectivity index is 1.56. The lowest BCUT2D eigenvalue weighted by molar-refractivity contribution is -0.113. The second-order valence-corrected chi connectivity index (χ2v) is 8.42. The molecule has 0 unspecified atom stereocenters. The smallest absolute Gasteiger partial charge is 0.234 e. The lowest BCUT2D eigenvalue weighted by Crippen LogP contribution is -2.14. The Morgan fingerprint density at radius 1 is 1.07 bits per heavy atom. The average molecular weight is 399 g/mol. The SMILES string of the molecule is CCSc1ccc(-c2nc(SCC(=O)Nc3cc(C)cc(C)c3)n[nH]2)cc1. The summed E-state index contributed by atoms with van der Waals surface area (Å²) >= 11 is 3.12. The van der Waals surface area contributed by atoms with Crippen LogP contribution in [0.15, 0.2) is 52.5 Å². The van der Waals surface area contributed by atoms with Gasteiger partial charge in [0, 0.05) is 16.1 Å². The molecule has 0 aliphatic heterocycles. The largest absolute Gasteiger partial charge is 0.325 e. The second kappa shape index (κ2) is 9.10. The average Bonchev–Trinajstić information content (AvgIpc) is 3.09. The Kier molecular flexibility index (Phi) is 6.58. The molecule has 1 heterocycles. The lowest BCUT2D eigenvalue weighted by atomic mass is 10.1. The monoisotopic (exact) mass is 398 g/mol. The lowest BCUT2D eigenvalue weighted by Gasteiger charge is -2.06. The van der Waals surface area contributed by atoms with Crippen LogP contribution >= 0.6 is 23.5 Å². The number of aromatic nitrogens is 3. The van der Waals surface area contributed by atoms with E-state index in [9.17, 15) is 4.79 Å². The maximum Gasteiger partial charge on any atom is 0.234 e. The molecule has 1 aromatic heterocycles. The number of nitrogens with one attached hydrogen (secondary N) is 2. The Morgan fingerprint density at radius 3 is 2.44 bits per heavy atom. The summed E-state index contributed by atoms with van der Waals surface area (Å²) in [6.45, 7) is 6.16. The van der Waals surface area contributed by atoms with Crippen molar-refractivity contribution in [2.24, 2.45) is 0 Å². The number of aromatic amines is 1. The second-order valence-electron chi connectivity index (χ2n) is 6.14. The topological polar surface area (TPSA) is 70.7 Å². The molecule has 1 amide bonds. The number of carbonyl (C=O) groups is 1. The number of anilines is 1. The minimum absolute atomic E-state index is 0.0720. The first-order chi connectivity index (χ1) is 13.0. The summed E-state index contributed by atoms with van der Waals surface area (Å²) < 4.78 is 0. The predicted molar refractivity (Wildman–Crippen MR) is 113 cm³/mol. The summed E-state index contributed by atoms with van der Waals surface area (Å²) in [5, 5.41) is 10.6. The number of hydrogen-bond donors (Lipinski definition) is 2. The number of benzene rings is 2. The van der Waals surface area contributed by atoms with Gasteiger partial charge in [-0.2, -0.15) is 0 Å². The Hall–Kier alpha value is -2.25. The first-order valence-corrected chi connectivity index (χ1v) is 10.7. The summed E-state index contributed by atoms with van der Waals surface area (Å²) in [6, 6.07) is 14.2. The van der Waals surface area contributed by atoms with E-state index < -0.39 is 0 Å². The number of carbonyl (C=O) groups excluding carboxylic acids is 1. The van der Waals surface area contributed by atoms with Crippen LogP contribution in [-0.2, 0) is 4.79 Å². The molecule has 0 fully saturated rings. The highest BCUT2D eigenvalue weighted by molar-refractivity contribution is 7.99. The highest BCUT2D eigenvalue weighted by Crippen LogP contribution is 2.23. The van der Waals surface area contributed by atoms with E-state index in [-0.39, 0.29) is 11.7 Å². The normalized spacial score (nSPS) is 10.8. The third-order valence-corrected chi connectivity index (χ3v) is 5.48. The minimum Gasteiger partial charge on any atom is -0.325 e. The molecule has 0 bridgehead atoms. The van der Waals surface area contributed by atoms with Crippen LogP contribution in [0.3, 0.4) is 0 Å². The van der Waals surface area contributed by atoms with Gasteiger partial charge in [0.25, 0.3) is 0 Å². The third-order valence-electron chi connectivity index (χ3n) is 3.74. The molecule has 0 radical (unpaired) electrons. The van der Waals surface area contributed by atoms with Gasteiger partial charge < -0.3 is 5.32 Å². The highest BCUT2D eigenvalue weighted by Gasteiger charge is 2.10.